The second-order valence-electron chi connectivity index (χ2n) is 6.81. The minimum Gasteiger partial charge on any atom is -0.360 e. The van der Waals surface area contributed by atoms with Crippen molar-refractivity contribution >= 4 is 5.91 Å². The van der Waals surface area contributed by atoms with Crippen LogP contribution in [0.1, 0.15) is 84.4 Å². The van der Waals surface area contributed by atoms with Crippen LogP contribution >= 0.6 is 0 Å². The maximum Gasteiger partial charge on any atom is 0.276 e. The van der Waals surface area contributed by atoms with Gasteiger partial charge in [-0.2, -0.15) is 4.98 Å². The Morgan fingerprint density at radius 1 is 1.09 bits per heavy atom. The molecule has 1 aliphatic heterocycles. The second-order valence-corrected chi connectivity index (χ2v) is 6.81. The van der Waals surface area contributed by atoms with Gasteiger partial charge in [0.25, 0.3) is 5.91 Å². The van der Waals surface area contributed by atoms with Crippen molar-refractivity contribution < 1.29 is 13.8 Å². The molecule has 7 nitrogen and oxygen atoms in total. The van der Waals surface area contributed by atoms with Crippen LogP contribution in [0.2, 0.25) is 0 Å². The average molecular weight is 314 g/mol. The summed E-state index contributed by atoms with van der Waals surface area (Å²) in [6.45, 7) is 0.697. The lowest BCUT2D eigenvalue weighted by Crippen LogP contribution is -2.31. The molecule has 2 aliphatic carbocycles. The Bertz CT molecular complexity index is 744. The quantitative estimate of drug-likeness (QED) is 0.862. The van der Waals surface area contributed by atoms with Crippen LogP contribution in [0, 0.1) is 0 Å². The van der Waals surface area contributed by atoms with E-state index in [0.717, 1.165) is 50.2 Å². The van der Waals surface area contributed by atoms with Gasteiger partial charge in [-0.25, -0.2) is 0 Å². The molecule has 0 bridgehead atoms. The lowest BCUT2D eigenvalue weighted by Gasteiger charge is -2.20. The number of aromatic nitrogens is 3. The van der Waals surface area contributed by atoms with Crippen LogP contribution in [-0.2, 0) is 0 Å². The van der Waals surface area contributed by atoms with Gasteiger partial charge in [-0.3, -0.25) is 4.79 Å². The van der Waals surface area contributed by atoms with Gasteiger partial charge < -0.3 is 13.9 Å². The van der Waals surface area contributed by atoms with E-state index >= 15 is 0 Å². The van der Waals surface area contributed by atoms with Crippen molar-refractivity contribution in [3.63, 3.8) is 0 Å². The van der Waals surface area contributed by atoms with E-state index in [9.17, 15) is 4.79 Å². The third kappa shape index (κ3) is 2.34. The average Bonchev–Trinajstić information content (AvgIpc) is 3.43. The van der Waals surface area contributed by atoms with Gasteiger partial charge in [0.2, 0.25) is 5.89 Å². The van der Waals surface area contributed by atoms with Crippen molar-refractivity contribution in [2.24, 2.45) is 0 Å². The van der Waals surface area contributed by atoms with Gasteiger partial charge in [-0.15, -0.1) is 0 Å². The van der Waals surface area contributed by atoms with E-state index in [0.29, 0.717) is 29.9 Å². The number of amides is 1. The molecule has 3 fully saturated rings. The second kappa shape index (κ2) is 4.91. The molecule has 3 heterocycles. The summed E-state index contributed by atoms with van der Waals surface area (Å²) in [5.41, 5.74) is 0.393. The Kier molecular flexibility index (Phi) is 2.83. The van der Waals surface area contributed by atoms with Gasteiger partial charge in [-0.05, 0) is 38.5 Å². The molecular weight excluding hydrogens is 296 g/mol. The standard InChI is InChI=1S/C16H18N4O3/c21-16(11-8-13(22-18-11)9-3-4-9)20-7-1-2-12(20)14-17-15(23-19-14)10-5-6-10/h8-10,12H,1-7H2/t12-/m1/s1. The molecule has 7 heteroatoms. The van der Waals surface area contributed by atoms with Crippen LogP contribution in [0.25, 0.3) is 0 Å². The fourth-order valence-electron chi connectivity index (χ4n) is 3.25. The summed E-state index contributed by atoms with van der Waals surface area (Å²) < 4.78 is 10.7. The normalized spacial score (nSPS) is 24.3. The van der Waals surface area contributed by atoms with Gasteiger partial charge in [-0.1, -0.05) is 10.3 Å². The third-order valence-corrected chi connectivity index (χ3v) is 4.92. The predicted molar refractivity (Wildman–Crippen MR) is 77.8 cm³/mol. The molecule has 120 valence electrons. The van der Waals surface area contributed by atoms with E-state index < -0.39 is 0 Å². The SMILES string of the molecule is O=C(c1cc(C2CC2)on1)N1CCC[C@@H]1c1noc(C2CC2)n1. The van der Waals surface area contributed by atoms with Crippen molar-refractivity contribution in [3.8, 4) is 0 Å². The number of carbonyl (C=O) groups is 1. The molecule has 2 saturated carbocycles. The highest BCUT2D eigenvalue weighted by molar-refractivity contribution is 5.92. The molecule has 1 amide bonds. The molecule has 1 saturated heterocycles. The number of likely N-dealkylation sites (tertiary alicyclic amines) is 1. The molecule has 0 aromatic carbocycles. The zero-order valence-corrected chi connectivity index (χ0v) is 12.8. The van der Waals surface area contributed by atoms with Crippen LogP contribution in [0.3, 0.4) is 0 Å². The summed E-state index contributed by atoms with van der Waals surface area (Å²) >= 11 is 0. The van der Waals surface area contributed by atoms with Crippen LogP contribution < -0.4 is 0 Å². The molecule has 0 unspecified atom stereocenters. The number of nitrogens with zero attached hydrogens (tertiary/aromatic N) is 4. The molecular formula is C16H18N4O3. The molecule has 0 radical (unpaired) electrons. The maximum atomic E-state index is 12.8. The first-order valence-corrected chi connectivity index (χ1v) is 8.40. The maximum absolute atomic E-state index is 12.8. The highest BCUT2D eigenvalue weighted by Crippen LogP contribution is 2.41. The topological polar surface area (TPSA) is 85.3 Å². The summed E-state index contributed by atoms with van der Waals surface area (Å²) in [7, 11) is 0. The molecule has 2 aromatic rings. The van der Waals surface area contributed by atoms with Gasteiger partial charge in [0.05, 0.1) is 6.04 Å². The summed E-state index contributed by atoms with van der Waals surface area (Å²) in [6, 6.07) is 1.68. The first-order valence-electron chi connectivity index (χ1n) is 8.40. The lowest BCUT2D eigenvalue weighted by molar-refractivity contribution is 0.0717. The molecule has 2 aromatic heterocycles. The van der Waals surface area contributed by atoms with Crippen molar-refractivity contribution in [2.75, 3.05) is 6.54 Å². The minimum atomic E-state index is -0.111. The first-order chi connectivity index (χ1) is 11.3. The van der Waals surface area contributed by atoms with Gasteiger partial charge >= 0.3 is 0 Å². The minimum absolute atomic E-state index is 0.0964. The Morgan fingerprint density at radius 3 is 2.70 bits per heavy atom. The molecule has 0 spiro atoms. The van der Waals surface area contributed by atoms with Crippen molar-refractivity contribution in [1.82, 2.24) is 20.2 Å². The summed E-state index contributed by atoms with van der Waals surface area (Å²) in [4.78, 5) is 19.1. The van der Waals surface area contributed by atoms with Crippen molar-refractivity contribution in [2.45, 2.75) is 56.4 Å². The van der Waals surface area contributed by atoms with E-state index in [-0.39, 0.29) is 11.9 Å². The monoisotopic (exact) mass is 314 g/mol. The van der Waals surface area contributed by atoms with Crippen LogP contribution in [-0.4, -0.2) is 32.6 Å². The summed E-state index contributed by atoms with van der Waals surface area (Å²) in [6.07, 6.45) is 6.30. The summed E-state index contributed by atoms with van der Waals surface area (Å²) in [5.74, 6) is 2.97. The molecule has 5 rings (SSSR count). The number of hydrogen-bond donors (Lipinski definition) is 0. The highest BCUT2D eigenvalue weighted by Gasteiger charge is 2.38. The predicted octanol–water partition coefficient (Wildman–Crippen LogP) is 2.79. The Labute approximate surface area is 133 Å². The van der Waals surface area contributed by atoms with E-state index in [1.807, 2.05) is 0 Å². The van der Waals surface area contributed by atoms with E-state index in [2.05, 4.69) is 15.3 Å². The van der Waals surface area contributed by atoms with Gasteiger partial charge in [0, 0.05) is 24.4 Å². The molecule has 3 aliphatic rings. The third-order valence-electron chi connectivity index (χ3n) is 4.92. The van der Waals surface area contributed by atoms with Crippen LogP contribution in [0.15, 0.2) is 15.1 Å². The fourth-order valence-corrected chi connectivity index (χ4v) is 3.25. The fraction of sp³-hybridized carbons (Fsp3) is 0.625. The van der Waals surface area contributed by atoms with Gasteiger partial charge in [0.15, 0.2) is 11.5 Å². The number of hydrogen-bond acceptors (Lipinski definition) is 6. The van der Waals surface area contributed by atoms with Crippen LogP contribution in [0.5, 0.6) is 0 Å². The lowest BCUT2D eigenvalue weighted by atomic mass is 10.2. The zero-order valence-electron chi connectivity index (χ0n) is 12.8. The van der Waals surface area contributed by atoms with Crippen LogP contribution in [0.4, 0.5) is 0 Å². The van der Waals surface area contributed by atoms with Crippen molar-refractivity contribution in [1.29, 1.82) is 0 Å². The first kappa shape index (κ1) is 13.3. The largest absolute Gasteiger partial charge is 0.360 e. The Balaban J connectivity index is 1.37. The smallest absolute Gasteiger partial charge is 0.276 e. The number of rotatable bonds is 4. The molecule has 0 N–H and O–H groups in total. The zero-order chi connectivity index (χ0) is 15.4. The van der Waals surface area contributed by atoms with E-state index in [4.69, 9.17) is 9.05 Å². The summed E-state index contributed by atoms with van der Waals surface area (Å²) in [5, 5.41) is 8.07. The number of carbonyl (C=O) groups excluding carboxylic acids is 1. The Morgan fingerprint density at radius 2 is 1.91 bits per heavy atom. The van der Waals surface area contributed by atoms with Crippen molar-refractivity contribution in [3.05, 3.63) is 29.2 Å². The van der Waals surface area contributed by atoms with E-state index in [1.54, 1.807) is 11.0 Å². The molecule has 1 atom stereocenters. The highest BCUT2D eigenvalue weighted by atomic mass is 16.5. The Hall–Kier alpha value is -2.18. The van der Waals surface area contributed by atoms with Gasteiger partial charge in [0.1, 0.15) is 5.76 Å². The van der Waals surface area contributed by atoms with E-state index in [1.165, 1.54) is 0 Å². The molecule has 23 heavy (non-hydrogen) atoms.